The van der Waals surface area contributed by atoms with Crippen LogP contribution < -0.4 is 5.32 Å². The van der Waals surface area contributed by atoms with Crippen LogP contribution >= 0.6 is 0 Å². The van der Waals surface area contributed by atoms with E-state index >= 15 is 0 Å². The van der Waals surface area contributed by atoms with E-state index in [-0.39, 0.29) is 29.3 Å². The van der Waals surface area contributed by atoms with Crippen LogP contribution in [0.3, 0.4) is 0 Å². The minimum absolute atomic E-state index is 0.0783. The number of ether oxygens (including phenoxy) is 1. The number of carbonyl (C=O) groups excluding carboxylic acids is 3. The SMILES string of the molecule is CCOC(=O)c1cc(C(=O)Nc2ccc(C(=O)c3nccn3C)cc2)cc([N+](=O)[O-])c1. The second kappa shape index (κ2) is 8.99. The third-order valence-electron chi connectivity index (χ3n) is 4.33. The highest BCUT2D eigenvalue weighted by Gasteiger charge is 2.19. The molecule has 0 saturated carbocycles. The van der Waals surface area contributed by atoms with Crippen LogP contribution in [-0.2, 0) is 11.8 Å². The summed E-state index contributed by atoms with van der Waals surface area (Å²) in [5.41, 5.74) is 0.159. The molecule has 3 aromatic rings. The quantitative estimate of drug-likeness (QED) is 0.268. The first-order chi connectivity index (χ1) is 14.8. The molecule has 0 fully saturated rings. The number of hydrogen-bond acceptors (Lipinski definition) is 7. The molecule has 1 N–H and O–H groups in total. The largest absolute Gasteiger partial charge is 0.462 e. The van der Waals surface area contributed by atoms with Gasteiger partial charge in [-0.25, -0.2) is 9.78 Å². The number of benzene rings is 2. The van der Waals surface area contributed by atoms with Crippen LogP contribution in [0.1, 0.15) is 43.8 Å². The standard InChI is InChI=1S/C21H18N4O6/c1-3-31-21(28)15-10-14(11-17(12-15)25(29)30)20(27)23-16-6-4-13(5-7-16)18(26)19-22-8-9-24(19)2/h4-12H,3H2,1-2H3,(H,23,27). The van der Waals surface area contributed by atoms with Gasteiger partial charge in [-0.3, -0.25) is 19.7 Å². The van der Waals surface area contributed by atoms with Crippen LogP contribution in [0.15, 0.2) is 54.9 Å². The van der Waals surface area contributed by atoms with E-state index in [2.05, 4.69) is 10.3 Å². The van der Waals surface area contributed by atoms with E-state index in [1.165, 1.54) is 36.5 Å². The van der Waals surface area contributed by atoms with Gasteiger partial charge >= 0.3 is 5.97 Å². The van der Waals surface area contributed by atoms with Gasteiger partial charge < -0.3 is 14.6 Å². The number of anilines is 1. The maximum Gasteiger partial charge on any atom is 0.338 e. The minimum atomic E-state index is -0.766. The van der Waals surface area contributed by atoms with E-state index in [1.54, 1.807) is 24.7 Å². The lowest BCUT2D eigenvalue weighted by atomic mass is 10.1. The summed E-state index contributed by atoms with van der Waals surface area (Å²) in [4.78, 5) is 51.5. The average molecular weight is 422 g/mol. The van der Waals surface area contributed by atoms with Gasteiger partial charge in [-0.1, -0.05) is 0 Å². The Kier molecular flexibility index (Phi) is 6.20. The van der Waals surface area contributed by atoms with Gasteiger partial charge in [0.2, 0.25) is 5.78 Å². The molecule has 1 heterocycles. The van der Waals surface area contributed by atoms with Crippen molar-refractivity contribution in [3.8, 4) is 0 Å². The van der Waals surface area contributed by atoms with Gasteiger partial charge in [-0.05, 0) is 37.3 Å². The molecule has 0 spiro atoms. The lowest BCUT2D eigenvalue weighted by molar-refractivity contribution is -0.384. The molecular formula is C21H18N4O6. The molecule has 0 atom stereocenters. The van der Waals surface area contributed by atoms with Gasteiger partial charge in [0.15, 0.2) is 5.82 Å². The molecule has 31 heavy (non-hydrogen) atoms. The fraction of sp³-hybridized carbons (Fsp3) is 0.143. The Bertz CT molecular complexity index is 1170. The first-order valence-corrected chi connectivity index (χ1v) is 9.20. The minimum Gasteiger partial charge on any atom is -0.462 e. The number of nitrogens with zero attached hydrogens (tertiary/aromatic N) is 3. The molecule has 10 nitrogen and oxygen atoms in total. The summed E-state index contributed by atoms with van der Waals surface area (Å²) in [6.07, 6.45) is 3.18. The van der Waals surface area contributed by atoms with Crippen molar-refractivity contribution in [3.63, 3.8) is 0 Å². The molecule has 3 rings (SSSR count). The molecule has 1 aromatic heterocycles. The number of esters is 1. The summed E-state index contributed by atoms with van der Waals surface area (Å²) in [7, 11) is 1.71. The third kappa shape index (κ3) is 4.81. The second-order valence-corrected chi connectivity index (χ2v) is 6.47. The predicted molar refractivity (Wildman–Crippen MR) is 110 cm³/mol. The van der Waals surface area contributed by atoms with Crippen molar-refractivity contribution in [3.05, 3.63) is 87.5 Å². The Morgan fingerprint density at radius 3 is 2.35 bits per heavy atom. The normalized spacial score (nSPS) is 10.4. The highest BCUT2D eigenvalue weighted by Crippen LogP contribution is 2.20. The van der Waals surface area contributed by atoms with Crippen LogP contribution in [0.2, 0.25) is 0 Å². The number of hydrogen-bond donors (Lipinski definition) is 1. The van der Waals surface area contributed by atoms with Gasteiger partial charge in [0, 0.05) is 48.4 Å². The molecule has 0 aliphatic heterocycles. The van der Waals surface area contributed by atoms with Crippen LogP contribution in [0.5, 0.6) is 0 Å². The van der Waals surface area contributed by atoms with E-state index in [0.717, 1.165) is 12.1 Å². The summed E-state index contributed by atoms with van der Waals surface area (Å²) < 4.78 is 6.46. The number of amides is 1. The van der Waals surface area contributed by atoms with Gasteiger partial charge in [0.25, 0.3) is 11.6 Å². The number of non-ortho nitro benzene ring substituents is 1. The van der Waals surface area contributed by atoms with E-state index in [1.807, 2.05) is 0 Å². The van der Waals surface area contributed by atoms with Gasteiger partial charge in [0.1, 0.15) is 0 Å². The first kappa shape index (κ1) is 21.4. The number of nitro groups is 1. The Hall–Kier alpha value is -4.34. The second-order valence-electron chi connectivity index (χ2n) is 6.47. The molecular weight excluding hydrogens is 404 g/mol. The number of aromatic nitrogens is 2. The average Bonchev–Trinajstić information content (AvgIpc) is 3.19. The summed E-state index contributed by atoms with van der Waals surface area (Å²) in [5.74, 6) is -1.42. The number of nitro benzene ring substituents is 1. The number of rotatable bonds is 7. The molecule has 158 valence electrons. The molecule has 0 bridgehead atoms. The van der Waals surface area contributed by atoms with Crippen LogP contribution in [0.25, 0.3) is 0 Å². The molecule has 0 aliphatic rings. The first-order valence-electron chi connectivity index (χ1n) is 9.20. The van der Waals surface area contributed by atoms with Crippen molar-refractivity contribution < 1.29 is 24.0 Å². The number of nitrogens with one attached hydrogen (secondary N) is 1. The van der Waals surface area contributed by atoms with E-state index in [9.17, 15) is 24.5 Å². The van der Waals surface area contributed by atoms with E-state index < -0.39 is 22.5 Å². The van der Waals surface area contributed by atoms with Crippen molar-refractivity contribution in [1.29, 1.82) is 0 Å². The fourth-order valence-corrected chi connectivity index (χ4v) is 2.80. The molecule has 2 aromatic carbocycles. The number of aryl methyl sites for hydroxylation is 1. The van der Waals surface area contributed by atoms with Crippen molar-refractivity contribution >= 4 is 29.0 Å². The molecule has 1 amide bonds. The van der Waals surface area contributed by atoms with Crippen molar-refractivity contribution in [1.82, 2.24) is 9.55 Å². The zero-order valence-corrected chi connectivity index (χ0v) is 16.7. The van der Waals surface area contributed by atoms with Gasteiger partial charge in [-0.2, -0.15) is 0 Å². The molecule has 0 radical (unpaired) electrons. The number of carbonyl (C=O) groups is 3. The summed E-state index contributed by atoms with van der Waals surface area (Å²) >= 11 is 0. The number of ketones is 1. The van der Waals surface area contributed by atoms with Crippen LogP contribution in [-0.4, -0.2) is 38.7 Å². The van der Waals surface area contributed by atoms with Crippen LogP contribution in [0, 0.1) is 10.1 Å². The Labute approximate surface area is 176 Å². The van der Waals surface area contributed by atoms with Crippen LogP contribution in [0.4, 0.5) is 11.4 Å². The monoisotopic (exact) mass is 422 g/mol. The Morgan fingerprint density at radius 2 is 1.77 bits per heavy atom. The van der Waals surface area contributed by atoms with E-state index in [4.69, 9.17) is 4.74 Å². The summed E-state index contributed by atoms with van der Waals surface area (Å²) in [6, 6.07) is 9.45. The Morgan fingerprint density at radius 1 is 1.10 bits per heavy atom. The highest BCUT2D eigenvalue weighted by molar-refractivity contribution is 6.08. The zero-order valence-electron chi connectivity index (χ0n) is 16.7. The highest BCUT2D eigenvalue weighted by atomic mass is 16.6. The maximum atomic E-state index is 12.6. The molecule has 10 heteroatoms. The predicted octanol–water partition coefficient (Wildman–Crippen LogP) is 2.99. The van der Waals surface area contributed by atoms with Crippen molar-refractivity contribution in [2.75, 3.05) is 11.9 Å². The zero-order chi connectivity index (χ0) is 22.5. The van der Waals surface area contributed by atoms with Crippen molar-refractivity contribution in [2.45, 2.75) is 6.92 Å². The maximum absolute atomic E-state index is 12.6. The van der Waals surface area contributed by atoms with Gasteiger partial charge in [0.05, 0.1) is 17.1 Å². The smallest absolute Gasteiger partial charge is 0.338 e. The third-order valence-corrected chi connectivity index (χ3v) is 4.33. The Balaban J connectivity index is 1.81. The fourth-order valence-electron chi connectivity index (χ4n) is 2.80. The lowest BCUT2D eigenvalue weighted by Crippen LogP contribution is -2.14. The lowest BCUT2D eigenvalue weighted by Gasteiger charge is -2.08. The molecule has 0 saturated heterocycles. The van der Waals surface area contributed by atoms with Gasteiger partial charge in [-0.15, -0.1) is 0 Å². The van der Waals surface area contributed by atoms with E-state index in [0.29, 0.717) is 11.3 Å². The summed E-state index contributed by atoms with van der Waals surface area (Å²) in [5, 5.41) is 13.8. The molecule has 0 unspecified atom stereocenters. The number of imidazole rings is 1. The molecule has 0 aliphatic carbocycles. The summed E-state index contributed by atoms with van der Waals surface area (Å²) in [6.45, 7) is 1.69. The topological polar surface area (TPSA) is 133 Å². The van der Waals surface area contributed by atoms with Crippen molar-refractivity contribution in [2.24, 2.45) is 7.05 Å².